The van der Waals surface area contributed by atoms with Gasteiger partial charge in [-0.2, -0.15) is 0 Å². The molecule has 0 bridgehead atoms. The van der Waals surface area contributed by atoms with E-state index < -0.39 is 10.5 Å². The lowest BCUT2D eigenvalue weighted by molar-refractivity contribution is -0.947. The molecule has 1 unspecified atom stereocenters. The summed E-state index contributed by atoms with van der Waals surface area (Å²) in [6.07, 6.45) is 2.12. The van der Waals surface area contributed by atoms with Crippen LogP contribution < -0.4 is 10.2 Å². The molecule has 2 saturated heterocycles. The van der Waals surface area contributed by atoms with Gasteiger partial charge >= 0.3 is 5.97 Å². The highest BCUT2D eigenvalue weighted by Crippen LogP contribution is 2.46. The number of rotatable bonds is 3. The van der Waals surface area contributed by atoms with Crippen LogP contribution >= 0.6 is 0 Å². The zero-order valence-electron chi connectivity index (χ0n) is 14.8. The van der Waals surface area contributed by atoms with Crippen molar-refractivity contribution in [1.82, 2.24) is 0 Å². The average Bonchev–Trinajstić information content (AvgIpc) is 3.24. The summed E-state index contributed by atoms with van der Waals surface area (Å²) in [6, 6.07) is 3.01. The Bertz CT molecular complexity index is 823. The quantitative estimate of drug-likeness (QED) is 0.469. The number of non-ortho nitro benzene ring substituents is 1. The normalized spacial score (nSPS) is 31.6. The first kappa shape index (κ1) is 17.0. The van der Waals surface area contributed by atoms with Crippen molar-refractivity contribution in [3.63, 3.8) is 0 Å². The van der Waals surface area contributed by atoms with E-state index in [4.69, 9.17) is 4.74 Å². The monoisotopic (exact) mass is 360 g/mol. The number of benzene rings is 1. The first-order chi connectivity index (χ1) is 12.4. The van der Waals surface area contributed by atoms with Gasteiger partial charge in [0.05, 0.1) is 29.3 Å². The van der Waals surface area contributed by atoms with Crippen molar-refractivity contribution in [2.75, 3.05) is 18.5 Å². The number of anilines is 1. The number of aryl methyl sites for hydroxylation is 1. The molecule has 4 atom stereocenters. The maximum atomic E-state index is 13.1. The third-order valence-electron chi connectivity index (χ3n) is 6.18. The van der Waals surface area contributed by atoms with Crippen LogP contribution in [0.1, 0.15) is 37.3 Å². The van der Waals surface area contributed by atoms with Crippen LogP contribution in [0, 0.1) is 23.0 Å². The molecule has 8 heteroatoms. The molecule has 1 spiro atoms. The second kappa shape index (κ2) is 5.77. The number of fused-ring (bicyclic) bond motifs is 4. The van der Waals surface area contributed by atoms with Gasteiger partial charge in [0, 0.05) is 31.4 Å². The molecule has 0 saturated carbocycles. The number of quaternary nitrogens is 1. The van der Waals surface area contributed by atoms with Crippen LogP contribution in [0.15, 0.2) is 12.1 Å². The molecule has 26 heavy (non-hydrogen) atoms. The van der Waals surface area contributed by atoms with Crippen molar-refractivity contribution in [3.05, 3.63) is 33.4 Å². The molecule has 0 aromatic heterocycles. The lowest BCUT2D eigenvalue weighted by atomic mass is 9.83. The third-order valence-corrected chi connectivity index (χ3v) is 6.18. The Morgan fingerprint density at radius 2 is 2.27 bits per heavy atom. The van der Waals surface area contributed by atoms with Crippen molar-refractivity contribution in [1.29, 1.82) is 0 Å². The van der Waals surface area contributed by atoms with E-state index in [0.29, 0.717) is 29.8 Å². The van der Waals surface area contributed by atoms with Gasteiger partial charge in [0.1, 0.15) is 12.0 Å². The standard InChI is InChI=1S/C18H21N3O5/c1-3-26-16(22)12-9-18(20-6-4-5-14(12)20)13-8-11(21(24)25)7-10(2)15(13)19-17(18)23/h7-8,12,14H,3-6,9H2,1-2H3,(H,19,23)/p+1/t12-,14-,18-/m1/s1. The first-order valence-electron chi connectivity index (χ1n) is 9.04. The minimum atomic E-state index is -0.940. The van der Waals surface area contributed by atoms with Gasteiger partial charge in [-0.15, -0.1) is 0 Å². The fourth-order valence-electron chi connectivity index (χ4n) is 5.19. The van der Waals surface area contributed by atoms with Crippen LogP contribution in [-0.2, 0) is 19.9 Å². The molecular formula is C18H22N3O5+. The maximum Gasteiger partial charge on any atom is 0.315 e. The number of nitrogens with one attached hydrogen (secondary N) is 2. The number of esters is 1. The van der Waals surface area contributed by atoms with Gasteiger partial charge in [-0.1, -0.05) is 0 Å². The highest BCUT2D eigenvalue weighted by Gasteiger charge is 2.67. The molecular weight excluding hydrogens is 338 g/mol. The summed E-state index contributed by atoms with van der Waals surface area (Å²) in [7, 11) is 0. The van der Waals surface area contributed by atoms with Gasteiger partial charge in [0.25, 0.3) is 11.6 Å². The Morgan fingerprint density at radius 1 is 1.50 bits per heavy atom. The Kier molecular flexibility index (Phi) is 3.76. The Labute approximate surface area is 150 Å². The van der Waals surface area contributed by atoms with Crippen molar-refractivity contribution in [2.24, 2.45) is 5.92 Å². The Morgan fingerprint density at radius 3 is 2.96 bits per heavy atom. The molecule has 3 aliphatic rings. The number of nitro groups is 1. The lowest BCUT2D eigenvalue weighted by Crippen LogP contribution is -3.19. The van der Waals surface area contributed by atoms with Crippen LogP contribution in [0.4, 0.5) is 11.4 Å². The fraction of sp³-hybridized carbons (Fsp3) is 0.556. The van der Waals surface area contributed by atoms with E-state index in [1.54, 1.807) is 13.8 Å². The smallest absolute Gasteiger partial charge is 0.315 e. The number of hydrogen-bond donors (Lipinski definition) is 2. The summed E-state index contributed by atoms with van der Waals surface area (Å²) in [4.78, 5) is 37.6. The molecule has 3 heterocycles. The molecule has 1 amide bonds. The van der Waals surface area contributed by atoms with E-state index >= 15 is 0 Å². The van der Waals surface area contributed by atoms with E-state index in [1.165, 1.54) is 12.1 Å². The van der Waals surface area contributed by atoms with Crippen LogP contribution in [0.25, 0.3) is 0 Å². The highest BCUT2D eigenvalue weighted by molar-refractivity contribution is 6.06. The lowest BCUT2D eigenvalue weighted by Gasteiger charge is -2.29. The molecule has 0 aliphatic carbocycles. The predicted octanol–water partition coefficient (Wildman–Crippen LogP) is 0.681. The third kappa shape index (κ3) is 2.11. The molecule has 1 aromatic rings. The molecule has 2 fully saturated rings. The van der Waals surface area contributed by atoms with Gasteiger partial charge in [-0.3, -0.25) is 19.7 Å². The molecule has 3 aliphatic heterocycles. The second-order valence-corrected chi connectivity index (χ2v) is 7.39. The van der Waals surface area contributed by atoms with E-state index in [-0.39, 0.29) is 29.5 Å². The maximum absolute atomic E-state index is 13.1. The molecule has 4 rings (SSSR count). The van der Waals surface area contributed by atoms with Gasteiger partial charge < -0.3 is 15.0 Å². The topological polar surface area (TPSA) is 103 Å². The number of ether oxygens (including phenoxy) is 1. The second-order valence-electron chi connectivity index (χ2n) is 7.39. The summed E-state index contributed by atoms with van der Waals surface area (Å²) in [5.41, 5.74) is 1.03. The van der Waals surface area contributed by atoms with Crippen molar-refractivity contribution < 1.29 is 24.1 Å². The van der Waals surface area contributed by atoms with Gasteiger partial charge in [-0.25, -0.2) is 0 Å². The van der Waals surface area contributed by atoms with Crippen molar-refractivity contribution >= 4 is 23.3 Å². The van der Waals surface area contributed by atoms with E-state index in [1.807, 2.05) is 0 Å². The first-order valence-corrected chi connectivity index (χ1v) is 9.04. The minimum absolute atomic E-state index is 0.0188. The zero-order chi connectivity index (χ0) is 18.6. The molecule has 1 aromatic carbocycles. The summed E-state index contributed by atoms with van der Waals surface area (Å²) in [6.45, 7) is 4.61. The number of amides is 1. The van der Waals surface area contributed by atoms with E-state index in [9.17, 15) is 19.7 Å². The van der Waals surface area contributed by atoms with Crippen molar-refractivity contribution in [3.8, 4) is 0 Å². The number of carbonyl (C=O) groups is 2. The SMILES string of the molecule is CCOC(=O)[C@@H]1C[C@@]2(C(=O)Nc3c(C)cc([N+](=O)[O-])cc32)[NH+]2CCC[C@H]12. The zero-order valence-corrected chi connectivity index (χ0v) is 14.8. The summed E-state index contributed by atoms with van der Waals surface area (Å²) < 4.78 is 5.25. The van der Waals surface area contributed by atoms with Gasteiger partial charge in [0.15, 0.2) is 0 Å². The summed E-state index contributed by atoms with van der Waals surface area (Å²) >= 11 is 0. The number of nitro benzene ring substituents is 1. The van der Waals surface area contributed by atoms with Gasteiger partial charge in [0.2, 0.25) is 5.54 Å². The van der Waals surface area contributed by atoms with Crippen LogP contribution in [0.2, 0.25) is 0 Å². The number of hydrogen-bond acceptors (Lipinski definition) is 5. The van der Waals surface area contributed by atoms with Crippen LogP contribution in [0.5, 0.6) is 0 Å². The van der Waals surface area contributed by atoms with E-state index in [2.05, 4.69) is 5.32 Å². The number of carbonyl (C=O) groups excluding carboxylic acids is 2. The van der Waals surface area contributed by atoms with Crippen LogP contribution in [-0.4, -0.2) is 36.0 Å². The highest BCUT2D eigenvalue weighted by atomic mass is 16.6. The molecule has 8 nitrogen and oxygen atoms in total. The molecule has 0 radical (unpaired) electrons. The molecule has 138 valence electrons. The predicted molar refractivity (Wildman–Crippen MR) is 91.7 cm³/mol. The minimum Gasteiger partial charge on any atom is -0.466 e. The van der Waals surface area contributed by atoms with E-state index in [0.717, 1.165) is 24.3 Å². The Hall–Kier alpha value is -2.48. The van der Waals surface area contributed by atoms with Crippen molar-refractivity contribution in [2.45, 2.75) is 44.7 Å². The van der Waals surface area contributed by atoms with Crippen LogP contribution in [0.3, 0.4) is 0 Å². The van der Waals surface area contributed by atoms with Gasteiger partial charge in [-0.05, 0) is 19.4 Å². The molecule has 2 N–H and O–H groups in total. The Balaban J connectivity index is 1.86. The largest absolute Gasteiger partial charge is 0.466 e. The fourth-order valence-corrected chi connectivity index (χ4v) is 5.19. The summed E-state index contributed by atoms with van der Waals surface area (Å²) in [5, 5.41) is 14.3. The average molecular weight is 360 g/mol. The summed E-state index contributed by atoms with van der Waals surface area (Å²) in [5.74, 6) is -0.786. The number of nitrogens with zero attached hydrogens (tertiary/aromatic N) is 1.